The third-order valence-electron chi connectivity index (χ3n) is 7.10. The smallest absolute Gasteiger partial charge is 0.357 e. The normalized spacial score (nSPS) is 16.5. The Morgan fingerprint density at radius 3 is 2.12 bits per heavy atom. The van der Waals surface area contributed by atoms with Gasteiger partial charge in [-0.25, -0.2) is 4.21 Å². The van der Waals surface area contributed by atoms with Gasteiger partial charge in [0, 0.05) is 38.0 Å². The Labute approximate surface area is 251 Å². The van der Waals surface area contributed by atoms with Crippen molar-refractivity contribution in [2.45, 2.75) is 50.8 Å². The highest BCUT2D eigenvalue weighted by molar-refractivity contribution is 7.80. The highest BCUT2D eigenvalue weighted by atomic mass is 32.2. The summed E-state index contributed by atoms with van der Waals surface area (Å²) < 4.78 is 17.3. The van der Waals surface area contributed by atoms with Crippen molar-refractivity contribution in [3.05, 3.63) is 108 Å². The Morgan fingerprint density at radius 2 is 1.55 bits per heavy atom. The van der Waals surface area contributed by atoms with Gasteiger partial charge in [-0.1, -0.05) is 99.6 Å². The maximum absolute atomic E-state index is 12.6. The number of hydrogen-bond donors (Lipinski definition) is 0. The van der Waals surface area contributed by atoms with Gasteiger partial charge >= 0.3 is 11.8 Å². The summed E-state index contributed by atoms with van der Waals surface area (Å²) in [6.45, 7) is 8.82. The predicted molar refractivity (Wildman–Crippen MR) is 165 cm³/mol. The van der Waals surface area contributed by atoms with Gasteiger partial charge < -0.3 is 19.5 Å². The molecule has 0 N–H and O–H groups in total. The first-order valence-electron chi connectivity index (χ1n) is 14.4. The Balaban J connectivity index is 0.000000258. The second-order valence-corrected chi connectivity index (χ2v) is 11.3. The van der Waals surface area contributed by atoms with Crippen LogP contribution in [0.3, 0.4) is 0 Å². The molecule has 1 aliphatic rings. The maximum Gasteiger partial charge on any atom is 0.555 e. The quantitative estimate of drug-likeness (QED) is 0.135. The van der Waals surface area contributed by atoms with Crippen LogP contribution in [0.15, 0.2) is 95.9 Å². The summed E-state index contributed by atoms with van der Waals surface area (Å²) in [7, 11) is 0. The van der Waals surface area contributed by atoms with Gasteiger partial charge in [-0.3, -0.25) is 9.59 Å². The first kappa shape index (κ1) is 32.4. The van der Waals surface area contributed by atoms with E-state index in [1.54, 1.807) is 30.3 Å². The molecule has 3 unspecified atom stereocenters. The molecule has 3 aromatic rings. The Kier molecular flexibility index (Phi) is 13.1. The monoisotopic (exact) mass is 588 g/mol. The molecule has 0 aliphatic carbocycles. The van der Waals surface area contributed by atoms with E-state index in [1.807, 2.05) is 48.2 Å². The van der Waals surface area contributed by atoms with Crippen molar-refractivity contribution in [1.29, 1.82) is 0 Å². The molecule has 1 heterocycles. The summed E-state index contributed by atoms with van der Waals surface area (Å²) in [6, 6.07) is 28.6. The molecule has 1 fully saturated rings. The zero-order valence-corrected chi connectivity index (χ0v) is 25.4. The summed E-state index contributed by atoms with van der Waals surface area (Å²) in [5.74, 6) is -0.340. The maximum atomic E-state index is 12.6. The van der Waals surface area contributed by atoms with Crippen LogP contribution in [0.25, 0.3) is 5.53 Å². The van der Waals surface area contributed by atoms with Crippen LogP contribution < -0.4 is 0 Å². The molecular formula is C33H40N4O4S. The molecule has 0 saturated carbocycles. The van der Waals surface area contributed by atoms with Gasteiger partial charge in [-0.15, -0.1) is 4.79 Å². The summed E-state index contributed by atoms with van der Waals surface area (Å²) in [6.07, 6.45) is 2.44. The fourth-order valence-corrected chi connectivity index (χ4v) is 5.61. The van der Waals surface area contributed by atoms with Crippen molar-refractivity contribution in [1.82, 2.24) is 9.80 Å². The Morgan fingerprint density at radius 1 is 0.952 bits per heavy atom. The average molecular weight is 589 g/mol. The van der Waals surface area contributed by atoms with Crippen LogP contribution in [-0.4, -0.2) is 62.7 Å². The van der Waals surface area contributed by atoms with Gasteiger partial charge in [0.25, 0.3) is 0 Å². The first-order valence-corrected chi connectivity index (χ1v) is 15.5. The molecule has 8 nitrogen and oxygen atoms in total. The van der Waals surface area contributed by atoms with E-state index in [0.717, 1.165) is 31.5 Å². The van der Waals surface area contributed by atoms with Crippen LogP contribution >= 0.6 is 0 Å². The van der Waals surface area contributed by atoms with E-state index < -0.39 is 22.9 Å². The molecule has 1 aliphatic heterocycles. The molecule has 3 atom stereocenters. The van der Waals surface area contributed by atoms with Gasteiger partial charge in [0.05, 0.1) is 4.90 Å². The molecule has 4 rings (SSSR count). The largest absolute Gasteiger partial charge is 0.555 e. The van der Waals surface area contributed by atoms with E-state index >= 15 is 0 Å². The number of likely N-dealkylation sites (tertiary alicyclic amines) is 1. The number of hydrogen-bond acceptors (Lipinski definition) is 4. The predicted octanol–water partition coefficient (Wildman–Crippen LogP) is 5.49. The van der Waals surface area contributed by atoms with Gasteiger partial charge in [0.1, 0.15) is 0 Å². The van der Waals surface area contributed by atoms with Crippen molar-refractivity contribution in [3.8, 4) is 0 Å². The molecule has 0 bridgehead atoms. The molecule has 1 saturated heterocycles. The van der Waals surface area contributed by atoms with Crippen molar-refractivity contribution in [3.63, 3.8) is 0 Å². The first-order chi connectivity index (χ1) is 20.4. The minimum Gasteiger partial charge on any atom is -0.357 e. The minimum atomic E-state index is -1.93. The van der Waals surface area contributed by atoms with Crippen LogP contribution in [-0.2, 0) is 31.3 Å². The van der Waals surface area contributed by atoms with Gasteiger partial charge in [0.2, 0.25) is 17.0 Å². The molecule has 0 radical (unpaired) electrons. The number of carbonyl (C=O) groups excluding carboxylic acids is 2. The standard InChI is InChI=1S/C19H21N3O3S.C14H19NO/c1-2-14-22(15-13-16-9-5-3-6-10-16)19(23)18(21-20)25-26(24)17-11-7-4-8-12-17;1-3-9-15-10-13(11(2)14(15)16)12-7-5-4-6-8-12/h3-12H,2,13-15H2,1H3;4-8,11,13H,3,9-10H2,1-2H3. The highest BCUT2D eigenvalue weighted by Gasteiger charge is 2.37. The third-order valence-corrected chi connectivity index (χ3v) is 8.07. The minimum absolute atomic E-state index is 0.133. The molecule has 3 aromatic carbocycles. The molecule has 0 spiro atoms. The van der Waals surface area contributed by atoms with Crippen LogP contribution in [0.5, 0.6) is 0 Å². The van der Waals surface area contributed by atoms with E-state index in [1.165, 1.54) is 10.5 Å². The number of carbonyl (C=O) groups is 2. The second-order valence-electron chi connectivity index (χ2n) is 10.2. The van der Waals surface area contributed by atoms with E-state index in [0.29, 0.717) is 36.2 Å². The highest BCUT2D eigenvalue weighted by Crippen LogP contribution is 2.33. The number of rotatable bonds is 10. The van der Waals surface area contributed by atoms with E-state index in [4.69, 9.17) is 4.18 Å². The molecule has 42 heavy (non-hydrogen) atoms. The van der Waals surface area contributed by atoms with Crippen molar-refractivity contribution in [2.75, 3.05) is 26.2 Å². The van der Waals surface area contributed by atoms with Crippen LogP contribution in [0, 0.1) is 5.92 Å². The summed E-state index contributed by atoms with van der Waals surface area (Å²) in [4.78, 5) is 31.5. The van der Waals surface area contributed by atoms with Gasteiger partial charge in [-0.05, 0) is 42.5 Å². The fraction of sp³-hybridized carbons (Fsp3) is 0.364. The second kappa shape index (κ2) is 17.0. The van der Waals surface area contributed by atoms with Gasteiger partial charge in [-0.2, -0.15) is 0 Å². The zero-order valence-electron chi connectivity index (χ0n) is 24.6. The number of nitrogens with zero attached hydrogens (tertiary/aromatic N) is 4. The topological polar surface area (TPSA) is 103 Å². The van der Waals surface area contributed by atoms with Crippen molar-refractivity contribution >= 4 is 28.8 Å². The molecule has 9 heteroatoms. The SMILES string of the molecule is CCCN(CCc1ccccc1)C(=O)C(=[N+]=[N-])OS(=O)c1ccccc1.CCCN1CC(c2ccccc2)C(C)C1=O. The average Bonchev–Trinajstić information content (AvgIpc) is 3.32. The lowest BCUT2D eigenvalue weighted by molar-refractivity contribution is -0.131. The number of benzene rings is 3. The lowest BCUT2D eigenvalue weighted by atomic mass is 9.90. The number of amides is 2. The van der Waals surface area contributed by atoms with Gasteiger partial charge in [0.15, 0.2) is 0 Å². The third kappa shape index (κ3) is 9.23. The van der Waals surface area contributed by atoms with E-state index in [9.17, 15) is 19.3 Å². The van der Waals surface area contributed by atoms with Crippen molar-refractivity contribution < 1.29 is 22.8 Å². The fourth-order valence-electron chi connectivity index (χ4n) is 4.89. The van der Waals surface area contributed by atoms with E-state index in [-0.39, 0.29) is 5.92 Å². The van der Waals surface area contributed by atoms with Crippen molar-refractivity contribution in [2.24, 2.45) is 5.92 Å². The summed E-state index contributed by atoms with van der Waals surface area (Å²) in [5.41, 5.74) is 11.6. The van der Waals surface area contributed by atoms with Crippen LogP contribution in [0.2, 0.25) is 0 Å². The zero-order chi connectivity index (χ0) is 30.3. The lowest BCUT2D eigenvalue weighted by Crippen LogP contribution is -2.40. The summed E-state index contributed by atoms with van der Waals surface area (Å²) >= 11 is -1.93. The molecule has 2 amide bonds. The Bertz CT molecular complexity index is 1350. The lowest BCUT2D eigenvalue weighted by Gasteiger charge is -2.19. The molecule has 222 valence electrons. The molecule has 0 aromatic heterocycles. The van der Waals surface area contributed by atoms with Crippen LogP contribution in [0.4, 0.5) is 0 Å². The Hall–Kier alpha value is -4.07. The summed E-state index contributed by atoms with van der Waals surface area (Å²) in [5, 5.41) is 0. The molecular weight excluding hydrogens is 548 g/mol. The van der Waals surface area contributed by atoms with Crippen LogP contribution in [0.1, 0.15) is 50.7 Å². The van der Waals surface area contributed by atoms with E-state index in [2.05, 4.69) is 42.9 Å².